The van der Waals surface area contributed by atoms with Crippen LogP contribution >= 0.6 is 0 Å². The van der Waals surface area contributed by atoms with Crippen molar-refractivity contribution in [1.82, 2.24) is 4.90 Å². The van der Waals surface area contributed by atoms with Gasteiger partial charge in [0.1, 0.15) is 11.3 Å². The molecule has 0 spiro atoms. The number of aliphatic carboxylic acids is 1. The van der Waals surface area contributed by atoms with Crippen molar-refractivity contribution >= 4 is 11.9 Å². The van der Waals surface area contributed by atoms with Crippen molar-refractivity contribution < 1.29 is 19.4 Å². The Labute approximate surface area is 143 Å². The third kappa shape index (κ3) is 4.28. The Morgan fingerprint density at radius 3 is 2.54 bits per heavy atom. The largest absolute Gasteiger partial charge is 0.497 e. The van der Waals surface area contributed by atoms with Crippen LogP contribution in [0.3, 0.4) is 0 Å². The van der Waals surface area contributed by atoms with E-state index in [4.69, 9.17) is 4.74 Å². The molecule has 0 aromatic heterocycles. The molecule has 1 fully saturated rings. The number of hydrogen-bond acceptors (Lipinski definition) is 3. The van der Waals surface area contributed by atoms with Gasteiger partial charge in [-0.25, -0.2) is 4.79 Å². The summed E-state index contributed by atoms with van der Waals surface area (Å²) in [5, 5.41) is 9.36. The highest BCUT2D eigenvalue weighted by molar-refractivity contribution is 5.87. The van der Waals surface area contributed by atoms with Gasteiger partial charge in [-0.2, -0.15) is 0 Å². The van der Waals surface area contributed by atoms with E-state index < -0.39 is 11.5 Å². The highest BCUT2D eigenvalue weighted by Crippen LogP contribution is 2.30. The van der Waals surface area contributed by atoms with Gasteiger partial charge < -0.3 is 14.7 Å². The normalized spacial score (nSPS) is 20.2. The lowest BCUT2D eigenvalue weighted by molar-refractivity contribution is -0.155. The van der Waals surface area contributed by atoms with Crippen LogP contribution in [-0.4, -0.2) is 41.1 Å². The van der Waals surface area contributed by atoms with E-state index in [0.717, 1.165) is 37.9 Å². The van der Waals surface area contributed by atoms with E-state index in [9.17, 15) is 14.7 Å². The van der Waals surface area contributed by atoms with Crippen LogP contribution in [0.1, 0.15) is 51.0 Å². The number of nitrogens with zero attached hydrogens (tertiary/aromatic N) is 1. The number of carboxylic acids is 1. The molecule has 1 saturated heterocycles. The van der Waals surface area contributed by atoms with Gasteiger partial charge in [-0.3, -0.25) is 4.79 Å². The summed E-state index contributed by atoms with van der Waals surface area (Å²) in [4.78, 5) is 25.3. The van der Waals surface area contributed by atoms with Gasteiger partial charge in [0, 0.05) is 13.0 Å². The molecule has 1 amide bonds. The molecule has 1 atom stereocenters. The van der Waals surface area contributed by atoms with Gasteiger partial charge in [0.05, 0.1) is 7.11 Å². The van der Waals surface area contributed by atoms with Crippen LogP contribution in [0, 0.1) is 0 Å². The Hall–Kier alpha value is -2.04. The Morgan fingerprint density at radius 1 is 1.21 bits per heavy atom. The molecule has 1 aromatic rings. The van der Waals surface area contributed by atoms with Gasteiger partial charge in [-0.1, -0.05) is 18.6 Å². The molecule has 1 unspecified atom stereocenters. The van der Waals surface area contributed by atoms with Gasteiger partial charge in [0.15, 0.2) is 0 Å². The number of rotatable bonds is 8. The van der Waals surface area contributed by atoms with Crippen LogP contribution in [0.5, 0.6) is 5.75 Å². The molecule has 1 aliphatic heterocycles. The number of ether oxygens (including phenoxy) is 1. The maximum Gasteiger partial charge on any atom is 0.329 e. The molecule has 0 bridgehead atoms. The summed E-state index contributed by atoms with van der Waals surface area (Å²) in [7, 11) is 1.65. The lowest BCUT2D eigenvalue weighted by Gasteiger charge is -2.31. The van der Waals surface area contributed by atoms with Crippen LogP contribution in [0.4, 0.5) is 0 Å². The number of hydrogen-bond donors (Lipinski definition) is 1. The summed E-state index contributed by atoms with van der Waals surface area (Å²) < 4.78 is 5.14. The summed E-state index contributed by atoms with van der Waals surface area (Å²) in [6, 6.07) is 8.04. The molecule has 1 aromatic carbocycles. The van der Waals surface area contributed by atoms with Crippen molar-refractivity contribution in [3.8, 4) is 5.75 Å². The maximum absolute atomic E-state index is 12.3. The Balaban J connectivity index is 1.70. The predicted molar refractivity (Wildman–Crippen MR) is 92.2 cm³/mol. The lowest BCUT2D eigenvalue weighted by atomic mass is 9.98. The number of amides is 1. The van der Waals surface area contributed by atoms with E-state index in [0.29, 0.717) is 19.4 Å². The van der Waals surface area contributed by atoms with Gasteiger partial charge >= 0.3 is 5.97 Å². The predicted octanol–water partition coefficient (Wildman–Crippen LogP) is 3.26. The standard InChI is InChI=1S/C19H27NO4/c1-19(18(22)23)13-6-14-20(19)17(21)8-5-3-4-7-15-9-11-16(24-2)12-10-15/h9-12H,3-8,13-14H2,1-2H3,(H,22,23). The zero-order chi connectivity index (χ0) is 17.6. The highest BCUT2D eigenvalue weighted by Gasteiger charge is 2.45. The molecule has 1 aliphatic rings. The first kappa shape index (κ1) is 18.3. The summed E-state index contributed by atoms with van der Waals surface area (Å²) in [6.45, 7) is 2.22. The lowest BCUT2D eigenvalue weighted by Crippen LogP contribution is -2.50. The number of carboxylic acid groups (broad SMARTS) is 1. The summed E-state index contributed by atoms with van der Waals surface area (Å²) in [6.07, 6.45) is 5.53. The van der Waals surface area contributed by atoms with Crippen LogP contribution in [0.2, 0.25) is 0 Å². The van der Waals surface area contributed by atoms with E-state index in [1.54, 1.807) is 18.9 Å². The van der Waals surface area contributed by atoms with Gasteiger partial charge in [-0.05, 0) is 56.7 Å². The van der Waals surface area contributed by atoms with E-state index in [-0.39, 0.29) is 5.91 Å². The number of methoxy groups -OCH3 is 1. The molecule has 24 heavy (non-hydrogen) atoms. The molecule has 1 N–H and O–H groups in total. The van der Waals surface area contributed by atoms with Crippen LogP contribution in [0.15, 0.2) is 24.3 Å². The third-order valence-electron chi connectivity index (χ3n) is 4.92. The maximum atomic E-state index is 12.3. The molecular formula is C19H27NO4. The zero-order valence-electron chi connectivity index (χ0n) is 14.6. The first-order valence-electron chi connectivity index (χ1n) is 8.64. The highest BCUT2D eigenvalue weighted by atomic mass is 16.5. The monoisotopic (exact) mass is 333 g/mol. The first-order valence-corrected chi connectivity index (χ1v) is 8.64. The molecule has 0 saturated carbocycles. The fourth-order valence-electron chi connectivity index (χ4n) is 3.29. The summed E-state index contributed by atoms with van der Waals surface area (Å²) in [5.74, 6) is -0.0638. The van der Waals surface area contributed by atoms with Crippen molar-refractivity contribution in [2.45, 2.75) is 57.4 Å². The fraction of sp³-hybridized carbons (Fsp3) is 0.579. The van der Waals surface area contributed by atoms with Crippen LogP contribution in [0.25, 0.3) is 0 Å². The van der Waals surface area contributed by atoms with Crippen molar-refractivity contribution in [1.29, 1.82) is 0 Å². The second-order valence-electron chi connectivity index (χ2n) is 6.64. The molecule has 5 heteroatoms. The van der Waals surface area contributed by atoms with E-state index >= 15 is 0 Å². The number of carbonyl (C=O) groups excluding carboxylic acids is 1. The molecular weight excluding hydrogens is 306 g/mol. The third-order valence-corrected chi connectivity index (χ3v) is 4.92. The summed E-state index contributed by atoms with van der Waals surface area (Å²) in [5.41, 5.74) is 0.250. The SMILES string of the molecule is COc1ccc(CCCCCC(=O)N2CCCC2(C)C(=O)O)cc1. The average Bonchev–Trinajstić information content (AvgIpc) is 2.98. The quantitative estimate of drug-likeness (QED) is 0.742. The Bertz CT molecular complexity index is 569. The molecule has 5 nitrogen and oxygen atoms in total. The second-order valence-corrected chi connectivity index (χ2v) is 6.64. The minimum atomic E-state index is -1.01. The smallest absolute Gasteiger partial charge is 0.329 e. The molecule has 0 aliphatic carbocycles. The average molecular weight is 333 g/mol. The van der Waals surface area contributed by atoms with Gasteiger partial charge in [0.25, 0.3) is 0 Å². The molecule has 1 heterocycles. The fourth-order valence-corrected chi connectivity index (χ4v) is 3.29. The summed E-state index contributed by atoms with van der Waals surface area (Å²) >= 11 is 0. The van der Waals surface area contributed by atoms with E-state index in [1.165, 1.54) is 5.56 Å². The zero-order valence-corrected chi connectivity index (χ0v) is 14.6. The van der Waals surface area contributed by atoms with Crippen molar-refractivity contribution in [2.24, 2.45) is 0 Å². The van der Waals surface area contributed by atoms with Crippen LogP contribution < -0.4 is 4.74 Å². The number of carbonyl (C=O) groups is 2. The minimum absolute atomic E-state index is 0.0261. The first-order chi connectivity index (χ1) is 11.5. The number of aryl methyl sites for hydroxylation is 1. The topological polar surface area (TPSA) is 66.8 Å². The van der Waals surface area contributed by atoms with Crippen molar-refractivity contribution in [3.05, 3.63) is 29.8 Å². The molecule has 132 valence electrons. The van der Waals surface area contributed by atoms with Crippen molar-refractivity contribution in [2.75, 3.05) is 13.7 Å². The molecule has 0 radical (unpaired) electrons. The van der Waals surface area contributed by atoms with E-state index in [2.05, 4.69) is 12.1 Å². The van der Waals surface area contributed by atoms with Gasteiger partial charge in [0.2, 0.25) is 5.91 Å². The van der Waals surface area contributed by atoms with Crippen molar-refractivity contribution in [3.63, 3.8) is 0 Å². The van der Waals surface area contributed by atoms with E-state index in [1.807, 2.05) is 12.1 Å². The van der Waals surface area contributed by atoms with Crippen LogP contribution in [-0.2, 0) is 16.0 Å². The Morgan fingerprint density at radius 2 is 1.92 bits per heavy atom. The number of unbranched alkanes of at least 4 members (excludes halogenated alkanes) is 2. The Kier molecular flexibility index (Phi) is 6.23. The number of likely N-dealkylation sites (tertiary alicyclic amines) is 1. The molecule has 2 rings (SSSR count). The number of benzene rings is 1. The minimum Gasteiger partial charge on any atom is -0.497 e. The van der Waals surface area contributed by atoms with Gasteiger partial charge in [-0.15, -0.1) is 0 Å². The second kappa shape index (κ2) is 8.18.